The molecule has 0 radical (unpaired) electrons. The summed E-state index contributed by atoms with van der Waals surface area (Å²) in [5.74, 6) is 0. The fourth-order valence-electron chi connectivity index (χ4n) is 4.51. The third kappa shape index (κ3) is 12.8. The monoisotopic (exact) mass is 914 g/mol. The number of halogens is 2. The van der Waals surface area contributed by atoms with E-state index in [1.165, 1.54) is 19.2 Å². The number of benzene rings is 3. The van der Waals surface area contributed by atoms with E-state index in [0.717, 1.165) is 18.5 Å². The first-order chi connectivity index (χ1) is 26.8. The predicted molar refractivity (Wildman–Crippen MR) is 204 cm³/mol. The van der Waals surface area contributed by atoms with Gasteiger partial charge >= 0.3 is 11.4 Å². The predicted octanol–water partition coefficient (Wildman–Crippen LogP) is 6.82. The van der Waals surface area contributed by atoms with Crippen molar-refractivity contribution in [2.45, 2.75) is 0 Å². The number of hydrogen-bond acceptors (Lipinski definition) is 20. The zero-order chi connectivity index (χ0) is 41.2. The van der Waals surface area contributed by atoms with Gasteiger partial charge in [-0.05, 0) is 44.0 Å². The molecule has 0 fully saturated rings. The Morgan fingerprint density at radius 1 is 0.643 bits per heavy atom. The van der Waals surface area contributed by atoms with Gasteiger partial charge in [0.2, 0.25) is 0 Å². The van der Waals surface area contributed by atoms with Gasteiger partial charge in [0.05, 0.1) is 106 Å². The Kier molecular flexibility index (Phi) is 18.2. The fourth-order valence-corrected chi connectivity index (χ4v) is 5.55. The molecule has 24 nitrogen and oxygen atoms in total. The lowest BCUT2D eigenvalue weighted by molar-refractivity contribution is -0.394. The highest BCUT2D eigenvalue weighted by Crippen LogP contribution is 2.48. The number of nitrogens with zero attached hydrogens (tertiary/aromatic N) is 10. The van der Waals surface area contributed by atoms with Crippen LogP contribution >= 0.6 is 31.9 Å². The summed E-state index contributed by atoms with van der Waals surface area (Å²) in [6.07, 6.45) is 0.982. The molecule has 0 aromatic heterocycles. The number of ether oxygens (including phenoxy) is 4. The highest BCUT2D eigenvalue weighted by Gasteiger charge is 2.26. The zero-order valence-corrected chi connectivity index (χ0v) is 32.3. The molecule has 0 aliphatic rings. The quantitative estimate of drug-likeness (QED) is 0.0232. The van der Waals surface area contributed by atoms with Gasteiger partial charge in [0.25, 0.3) is 11.4 Å². The van der Waals surface area contributed by atoms with Crippen molar-refractivity contribution < 1.29 is 48.9 Å². The number of azo groups is 2. The summed E-state index contributed by atoms with van der Waals surface area (Å²) in [6.45, 7) is 0.574. The molecule has 2 N–H and O–H groups in total. The largest absolute Gasteiger partial charge is 0.486 e. The molecular formula is C30H32Br2N10O14. The number of nitro groups is 4. The second-order valence-electron chi connectivity index (χ2n) is 10.6. The first-order valence-electron chi connectivity index (χ1n) is 15.8. The summed E-state index contributed by atoms with van der Waals surface area (Å²) in [4.78, 5) is 49.3. The van der Waals surface area contributed by atoms with E-state index in [-0.39, 0.29) is 103 Å². The van der Waals surface area contributed by atoms with Gasteiger partial charge in [-0.3, -0.25) is 40.5 Å². The highest BCUT2D eigenvalue weighted by atomic mass is 79.9. The Hall–Kier alpha value is -5.51. The lowest BCUT2D eigenvalue weighted by atomic mass is 10.1. The van der Waals surface area contributed by atoms with Crippen LogP contribution < -0.4 is 4.90 Å². The van der Waals surface area contributed by atoms with Gasteiger partial charge in [0.1, 0.15) is 17.1 Å². The average molecular weight is 916 g/mol. The van der Waals surface area contributed by atoms with Gasteiger partial charge in [-0.2, -0.15) is 0 Å². The maximum atomic E-state index is 12.0. The molecule has 0 spiro atoms. The molecule has 3 aromatic carbocycles. The van der Waals surface area contributed by atoms with Crippen molar-refractivity contribution in [3.63, 3.8) is 0 Å². The van der Waals surface area contributed by atoms with E-state index < -0.39 is 48.1 Å². The van der Waals surface area contributed by atoms with E-state index >= 15 is 0 Å². The minimum Gasteiger partial charge on any atom is -0.486 e. The third-order valence-electron chi connectivity index (χ3n) is 6.97. The van der Waals surface area contributed by atoms with Crippen molar-refractivity contribution >= 4 is 95.1 Å². The van der Waals surface area contributed by atoms with Crippen molar-refractivity contribution in [2.24, 2.45) is 25.4 Å². The minimum absolute atomic E-state index is 0.0178. The topological polar surface area (TPSA) is 315 Å². The summed E-state index contributed by atoms with van der Waals surface area (Å²) in [5, 5.41) is 81.4. The van der Waals surface area contributed by atoms with Crippen molar-refractivity contribution in [1.82, 2.24) is 0 Å². The second-order valence-corrected chi connectivity index (χ2v) is 12.3. The molecule has 0 saturated heterocycles. The van der Waals surface area contributed by atoms with Gasteiger partial charge in [-0.25, -0.2) is 4.99 Å². The summed E-state index contributed by atoms with van der Waals surface area (Å²) in [7, 11) is 1.27. The van der Waals surface area contributed by atoms with Gasteiger partial charge < -0.3 is 34.1 Å². The van der Waals surface area contributed by atoms with Crippen LogP contribution in [0.1, 0.15) is 0 Å². The molecular weight excluding hydrogens is 884 g/mol. The van der Waals surface area contributed by atoms with Gasteiger partial charge in [0.15, 0.2) is 17.8 Å². The summed E-state index contributed by atoms with van der Waals surface area (Å²) < 4.78 is 21.1. The first-order valence-corrected chi connectivity index (χ1v) is 17.4. The van der Waals surface area contributed by atoms with Crippen LogP contribution in [0.4, 0.5) is 56.9 Å². The van der Waals surface area contributed by atoms with Crippen LogP contribution in [0.5, 0.6) is 0 Å². The molecule has 0 aliphatic heterocycles. The molecule has 0 aliphatic carbocycles. The van der Waals surface area contributed by atoms with Crippen molar-refractivity contribution in [2.75, 3.05) is 78.0 Å². The molecule has 56 heavy (non-hydrogen) atoms. The maximum absolute atomic E-state index is 12.0. The lowest BCUT2D eigenvalue weighted by Gasteiger charge is -2.26. The minimum atomic E-state index is -0.886. The molecule has 3 aromatic rings. The number of anilines is 1. The standard InChI is InChI=1S/C30H32Br2N10O14/c1-53-18-33-29-23(34-35-27-21(31)14-19(39(45)46)16-25(27)41(49)50)2-3-24(38(4-8-54-10-6-43)5-9-55-12-13-56-11-7-44)30(29)37-36-28-22(32)15-20(40(47)48)17-26(28)42(51)52/h2-3,14-18,43-44H,4-13H2,1H3. The Labute approximate surface area is 332 Å². The van der Waals surface area contributed by atoms with E-state index in [2.05, 4.69) is 57.3 Å². The van der Waals surface area contributed by atoms with Crippen LogP contribution in [-0.4, -0.2) is 109 Å². The van der Waals surface area contributed by atoms with Crippen LogP contribution in [0, 0.1) is 40.5 Å². The molecule has 0 heterocycles. The normalized spacial score (nSPS) is 11.5. The first kappa shape index (κ1) is 44.9. The summed E-state index contributed by atoms with van der Waals surface area (Å²) in [5.41, 5.74) is -3.62. The Bertz CT molecular complexity index is 1990. The number of rotatable bonds is 24. The molecule has 0 saturated carbocycles. The lowest BCUT2D eigenvalue weighted by Crippen LogP contribution is -2.31. The van der Waals surface area contributed by atoms with Crippen molar-refractivity contribution in [1.29, 1.82) is 0 Å². The van der Waals surface area contributed by atoms with Gasteiger partial charge in [-0.15, -0.1) is 20.5 Å². The SMILES string of the molecule is COC=Nc1c(N=Nc2c(Br)cc([N+](=O)[O-])cc2[N+](=O)[O-])ccc(N(CCOCCO)CCOCCOCCO)c1N=Nc1c(Br)cc([N+](=O)[O-])cc1[N+](=O)[O-]. The molecule has 26 heteroatoms. The van der Waals surface area contributed by atoms with Crippen molar-refractivity contribution in [3.8, 4) is 0 Å². The Morgan fingerprint density at radius 2 is 1.11 bits per heavy atom. The molecule has 0 atom stereocenters. The molecule has 0 amide bonds. The number of aliphatic imine (C=N–C) groups is 1. The van der Waals surface area contributed by atoms with Gasteiger partial charge in [-0.1, -0.05) is 0 Å². The smallest absolute Gasteiger partial charge is 0.304 e. The summed E-state index contributed by atoms with van der Waals surface area (Å²) >= 11 is 6.17. The number of aliphatic hydroxyl groups excluding tert-OH is 2. The Morgan fingerprint density at radius 3 is 1.57 bits per heavy atom. The fraction of sp³-hybridized carbons (Fsp3) is 0.367. The van der Waals surface area contributed by atoms with E-state index in [1.807, 2.05) is 0 Å². The van der Waals surface area contributed by atoms with Crippen molar-refractivity contribution in [3.05, 3.63) is 85.8 Å². The van der Waals surface area contributed by atoms with Crippen LogP contribution in [0.15, 0.2) is 70.8 Å². The van der Waals surface area contributed by atoms with E-state index in [9.17, 15) is 45.6 Å². The van der Waals surface area contributed by atoms with E-state index in [0.29, 0.717) is 12.1 Å². The van der Waals surface area contributed by atoms with Crippen LogP contribution in [-0.2, 0) is 18.9 Å². The third-order valence-corrected chi connectivity index (χ3v) is 8.18. The van der Waals surface area contributed by atoms with Crippen LogP contribution in [0.25, 0.3) is 0 Å². The number of methoxy groups -OCH3 is 1. The Balaban J connectivity index is 2.30. The average Bonchev–Trinajstić information content (AvgIpc) is 3.15. The van der Waals surface area contributed by atoms with Gasteiger partial charge in [0, 0.05) is 25.2 Å². The number of non-ortho nitro benzene ring substituents is 2. The van der Waals surface area contributed by atoms with E-state index in [1.54, 1.807) is 4.90 Å². The zero-order valence-electron chi connectivity index (χ0n) is 29.1. The molecule has 0 unspecified atom stereocenters. The maximum Gasteiger partial charge on any atom is 0.304 e. The van der Waals surface area contributed by atoms with E-state index in [4.69, 9.17) is 24.1 Å². The molecule has 0 bridgehead atoms. The molecule has 3 rings (SSSR count). The highest BCUT2D eigenvalue weighted by molar-refractivity contribution is 9.11. The van der Waals surface area contributed by atoms with Crippen LogP contribution in [0.2, 0.25) is 0 Å². The second kappa shape index (κ2) is 22.8. The number of hydrogen-bond donors (Lipinski definition) is 2. The number of nitro benzene ring substituents is 4. The summed E-state index contributed by atoms with van der Waals surface area (Å²) in [6, 6.07) is 6.30. The molecule has 300 valence electrons. The number of aliphatic hydroxyl groups is 2. The van der Waals surface area contributed by atoms with Crippen LogP contribution in [0.3, 0.4) is 0 Å².